The Balaban J connectivity index is 1.72. The molecule has 0 unspecified atom stereocenters. The maximum Gasteiger partial charge on any atom is 0.217 e. The third-order valence-electron chi connectivity index (χ3n) is 6.55. The van der Waals surface area contributed by atoms with E-state index in [1.54, 1.807) is 0 Å². The molecule has 34 heavy (non-hydrogen) atoms. The van der Waals surface area contributed by atoms with Crippen LogP contribution in [0.25, 0.3) is 0 Å². The van der Waals surface area contributed by atoms with E-state index >= 15 is 0 Å². The van der Waals surface area contributed by atoms with Crippen LogP contribution in [0.4, 0.5) is 0 Å². The number of hydrogen-bond acceptors (Lipinski definition) is 8. The first-order valence-corrected chi connectivity index (χ1v) is 12.0. The summed E-state index contributed by atoms with van der Waals surface area (Å²) in [5.74, 6) is 0.938. The lowest BCUT2D eigenvalue weighted by Crippen LogP contribution is -2.62. The van der Waals surface area contributed by atoms with Crippen molar-refractivity contribution < 1.29 is 29.6 Å². The fourth-order valence-electron chi connectivity index (χ4n) is 4.79. The maximum atomic E-state index is 11.9. The smallest absolute Gasteiger partial charge is 0.217 e. The van der Waals surface area contributed by atoms with Crippen LogP contribution < -0.4 is 10.1 Å². The lowest BCUT2D eigenvalue weighted by molar-refractivity contribution is -0.219. The second kappa shape index (κ2) is 10.5. The van der Waals surface area contributed by atoms with E-state index in [1.807, 2.05) is 35.8 Å². The molecule has 4 rings (SSSR count). The minimum atomic E-state index is -1.38. The summed E-state index contributed by atoms with van der Waals surface area (Å²) in [6.45, 7) is 2.94. The summed E-state index contributed by atoms with van der Waals surface area (Å²) in [6, 6.07) is 6.84. The van der Waals surface area contributed by atoms with Crippen LogP contribution in [0.15, 0.2) is 24.3 Å². The second-order valence-corrected chi connectivity index (χ2v) is 9.33. The fourth-order valence-corrected chi connectivity index (χ4v) is 5.19. The molecule has 1 aliphatic heterocycles. The topological polar surface area (TPSA) is 131 Å². The van der Waals surface area contributed by atoms with Crippen LogP contribution in [0.5, 0.6) is 5.75 Å². The lowest BCUT2D eigenvalue weighted by atomic mass is 9.96. The van der Waals surface area contributed by atoms with Gasteiger partial charge in [-0.15, -0.1) is 0 Å². The molecule has 1 saturated carbocycles. The zero-order valence-electron chi connectivity index (χ0n) is 19.3. The van der Waals surface area contributed by atoms with Crippen molar-refractivity contribution in [3.8, 4) is 5.75 Å². The molecule has 0 radical (unpaired) electrons. The van der Waals surface area contributed by atoms with Gasteiger partial charge in [0.15, 0.2) is 12.1 Å². The molecule has 0 bridgehead atoms. The van der Waals surface area contributed by atoms with Crippen LogP contribution in [0, 0.1) is 11.7 Å². The van der Waals surface area contributed by atoms with E-state index in [9.17, 15) is 20.1 Å². The molecule has 10 nitrogen and oxygen atoms in total. The van der Waals surface area contributed by atoms with E-state index in [2.05, 4.69) is 5.32 Å². The highest BCUT2D eigenvalue weighted by atomic mass is 32.1. The zero-order valence-corrected chi connectivity index (χ0v) is 20.1. The Morgan fingerprint density at radius 2 is 1.97 bits per heavy atom. The van der Waals surface area contributed by atoms with E-state index in [1.165, 1.54) is 11.6 Å². The minimum Gasteiger partial charge on any atom is -0.485 e. The van der Waals surface area contributed by atoms with Crippen LogP contribution in [-0.2, 0) is 16.1 Å². The van der Waals surface area contributed by atoms with Gasteiger partial charge in [-0.25, -0.2) is 4.68 Å². The minimum absolute atomic E-state index is 0.156. The molecule has 2 heterocycles. The zero-order chi connectivity index (χ0) is 24.4. The Bertz CT molecular complexity index is 1070. The summed E-state index contributed by atoms with van der Waals surface area (Å²) in [5.41, 5.74) is 0.997. The molecule has 1 aliphatic carbocycles. The molecular formula is C23H32N4O6S. The standard InChI is InChI=1S/C23H32N4O6S/c1-13-7-3-6-10-16(13)32-12-18-25-27(23(34)26(18)15-8-4-5-9-15)22-19(24-14(2)29)21(31)20(30)17(11-28)33-22/h3,6-7,10,15,17,19-22,28,30-31H,4-5,8-9,11-12H2,1-2H3,(H,24,29)/t17-,19-,20-,21-,22-/m1/s1. The van der Waals surface area contributed by atoms with Crippen molar-refractivity contribution >= 4 is 18.1 Å². The average Bonchev–Trinajstić information content (AvgIpc) is 3.44. The molecule has 4 N–H and O–H groups in total. The van der Waals surface area contributed by atoms with Crippen LogP contribution in [0.1, 0.15) is 56.3 Å². The predicted molar refractivity (Wildman–Crippen MR) is 125 cm³/mol. The van der Waals surface area contributed by atoms with Crippen molar-refractivity contribution in [1.29, 1.82) is 0 Å². The fraction of sp³-hybridized carbons (Fsp3) is 0.609. The highest BCUT2D eigenvalue weighted by molar-refractivity contribution is 7.71. The van der Waals surface area contributed by atoms with Crippen LogP contribution >= 0.6 is 12.2 Å². The van der Waals surface area contributed by atoms with Crippen LogP contribution in [-0.4, -0.2) is 66.5 Å². The Morgan fingerprint density at radius 1 is 1.26 bits per heavy atom. The number of para-hydroxylation sites is 1. The van der Waals surface area contributed by atoms with E-state index in [0.717, 1.165) is 37.0 Å². The van der Waals surface area contributed by atoms with Gasteiger partial charge in [0.05, 0.1) is 6.61 Å². The SMILES string of the molecule is CC(=O)N[C@@H]1[C@@H](O)[C@H](O)[C@@H](CO)O[C@H]1n1nc(COc2ccccc2C)n(C2CCCC2)c1=S. The Labute approximate surface area is 203 Å². The van der Waals surface area contributed by atoms with Crippen molar-refractivity contribution in [2.24, 2.45) is 0 Å². The number of aliphatic hydroxyl groups is 3. The second-order valence-electron chi connectivity index (χ2n) is 8.96. The highest BCUT2D eigenvalue weighted by Crippen LogP contribution is 2.34. The molecule has 2 aromatic rings. The molecule has 1 amide bonds. The molecule has 2 fully saturated rings. The molecule has 2 aliphatic rings. The number of carbonyl (C=O) groups excluding carboxylic acids is 1. The molecule has 11 heteroatoms. The predicted octanol–water partition coefficient (Wildman–Crippen LogP) is 1.53. The summed E-state index contributed by atoms with van der Waals surface area (Å²) in [5, 5.41) is 38.1. The van der Waals surface area contributed by atoms with Gasteiger partial charge >= 0.3 is 0 Å². The largest absolute Gasteiger partial charge is 0.485 e. The van der Waals surface area contributed by atoms with Crippen molar-refractivity contribution in [2.75, 3.05) is 6.61 Å². The number of benzene rings is 1. The summed E-state index contributed by atoms with van der Waals surface area (Å²) in [7, 11) is 0. The number of nitrogens with zero attached hydrogens (tertiary/aromatic N) is 3. The number of amides is 1. The third kappa shape index (κ3) is 4.89. The van der Waals surface area contributed by atoms with Gasteiger partial charge in [-0.3, -0.25) is 9.36 Å². The molecule has 0 spiro atoms. The third-order valence-corrected chi connectivity index (χ3v) is 6.94. The van der Waals surface area contributed by atoms with E-state index in [-0.39, 0.29) is 12.6 Å². The van der Waals surface area contributed by atoms with Crippen LogP contribution in [0.2, 0.25) is 0 Å². The van der Waals surface area contributed by atoms with E-state index in [4.69, 9.17) is 26.8 Å². The normalized spacial score (nSPS) is 27.6. The van der Waals surface area contributed by atoms with E-state index < -0.39 is 43.1 Å². The number of hydrogen-bond donors (Lipinski definition) is 4. The maximum absolute atomic E-state index is 11.9. The van der Waals surface area contributed by atoms with Crippen molar-refractivity contribution in [1.82, 2.24) is 19.7 Å². The van der Waals surface area contributed by atoms with Gasteiger partial charge in [-0.2, -0.15) is 5.10 Å². The first kappa shape index (κ1) is 24.8. The average molecular weight is 493 g/mol. The molecule has 5 atom stereocenters. The monoisotopic (exact) mass is 492 g/mol. The summed E-state index contributed by atoms with van der Waals surface area (Å²) < 4.78 is 15.8. The number of carbonyl (C=O) groups is 1. The van der Waals surface area contributed by atoms with Gasteiger partial charge < -0.3 is 30.1 Å². The first-order chi connectivity index (χ1) is 16.3. The van der Waals surface area contributed by atoms with Crippen molar-refractivity contribution in [2.45, 2.75) is 82.8 Å². The van der Waals surface area contributed by atoms with Gasteiger partial charge in [0.2, 0.25) is 10.7 Å². The lowest BCUT2D eigenvalue weighted by Gasteiger charge is -2.42. The molecule has 1 aromatic carbocycles. The molecule has 186 valence electrons. The van der Waals surface area contributed by atoms with Gasteiger partial charge in [-0.1, -0.05) is 31.0 Å². The quantitative estimate of drug-likeness (QED) is 0.428. The van der Waals surface area contributed by atoms with Gasteiger partial charge in [0.1, 0.15) is 36.7 Å². The van der Waals surface area contributed by atoms with E-state index in [0.29, 0.717) is 10.6 Å². The number of aromatic nitrogens is 3. The first-order valence-electron chi connectivity index (χ1n) is 11.6. The Kier molecular flexibility index (Phi) is 7.68. The van der Waals surface area contributed by atoms with Crippen LogP contribution in [0.3, 0.4) is 0 Å². The molecular weight excluding hydrogens is 460 g/mol. The number of ether oxygens (including phenoxy) is 2. The number of nitrogens with one attached hydrogen (secondary N) is 1. The van der Waals surface area contributed by atoms with Gasteiger partial charge in [-0.05, 0) is 43.6 Å². The van der Waals surface area contributed by atoms with Crippen molar-refractivity contribution in [3.05, 3.63) is 40.4 Å². The highest BCUT2D eigenvalue weighted by Gasteiger charge is 2.46. The number of aryl methyl sites for hydroxylation is 1. The van der Waals surface area contributed by atoms with Gasteiger partial charge in [0.25, 0.3) is 0 Å². The summed E-state index contributed by atoms with van der Waals surface area (Å²) in [4.78, 5) is 11.9. The molecule has 1 aromatic heterocycles. The van der Waals surface area contributed by atoms with Gasteiger partial charge in [0, 0.05) is 13.0 Å². The Morgan fingerprint density at radius 3 is 2.62 bits per heavy atom. The number of aliphatic hydroxyl groups excluding tert-OH is 3. The summed E-state index contributed by atoms with van der Waals surface area (Å²) in [6.07, 6.45) is -0.763. The molecule has 1 saturated heterocycles. The Hall–Kier alpha value is -2.31. The van der Waals surface area contributed by atoms with Crippen molar-refractivity contribution in [3.63, 3.8) is 0 Å². The summed E-state index contributed by atoms with van der Waals surface area (Å²) >= 11 is 5.80. The number of rotatable bonds is 7.